The summed E-state index contributed by atoms with van der Waals surface area (Å²) < 4.78 is 11.9. The smallest absolute Gasteiger partial charge is 0.237 e. The van der Waals surface area contributed by atoms with Crippen molar-refractivity contribution in [1.82, 2.24) is 10.6 Å². The Morgan fingerprint density at radius 3 is 2.75 bits per heavy atom. The molecule has 1 saturated heterocycles. The fourth-order valence-electron chi connectivity index (χ4n) is 2.15. The molecule has 1 aromatic rings. The summed E-state index contributed by atoms with van der Waals surface area (Å²) in [6.45, 7) is 1.40. The highest BCUT2D eigenvalue weighted by Gasteiger charge is 2.21. The van der Waals surface area contributed by atoms with Crippen LogP contribution in [0.3, 0.4) is 0 Å². The Kier molecular flexibility index (Phi) is 7.80. The van der Waals surface area contributed by atoms with Gasteiger partial charge in [-0.2, -0.15) is 0 Å². The molecule has 0 saturated carbocycles. The molecule has 0 radical (unpaired) electrons. The number of hydrogen-bond donors (Lipinski definition) is 2. The van der Waals surface area contributed by atoms with Crippen molar-refractivity contribution in [2.45, 2.75) is 24.6 Å². The van der Waals surface area contributed by atoms with Gasteiger partial charge in [-0.25, -0.2) is 0 Å². The monoisotopic (exact) mass is 316 g/mol. The van der Waals surface area contributed by atoms with Gasteiger partial charge in [0.15, 0.2) is 0 Å². The van der Waals surface area contributed by atoms with Gasteiger partial charge in [-0.1, -0.05) is 30.3 Å². The van der Waals surface area contributed by atoms with E-state index in [1.807, 2.05) is 30.3 Å². The lowest BCUT2D eigenvalue weighted by Gasteiger charge is -2.10. The van der Waals surface area contributed by atoms with Crippen LogP contribution < -0.4 is 10.6 Å². The number of amides is 1. The number of benzene rings is 1. The van der Waals surface area contributed by atoms with Gasteiger partial charge in [-0.15, -0.1) is 12.4 Å². The van der Waals surface area contributed by atoms with Crippen LogP contribution in [0.1, 0.15) is 18.4 Å². The van der Waals surface area contributed by atoms with E-state index in [4.69, 9.17) is 0 Å². The number of carbonyl (C=O) groups is 1. The SMILES string of the molecule is Cl.O=C(NCCS(=O)Cc1ccccc1)C1CCCN1. The lowest BCUT2D eigenvalue weighted by Crippen LogP contribution is -2.41. The van der Waals surface area contributed by atoms with Gasteiger partial charge >= 0.3 is 0 Å². The van der Waals surface area contributed by atoms with Gasteiger partial charge in [0, 0.05) is 28.9 Å². The molecule has 20 heavy (non-hydrogen) atoms. The summed E-state index contributed by atoms with van der Waals surface area (Å²) in [5.74, 6) is 1.10. The minimum absolute atomic E-state index is 0. The lowest BCUT2D eigenvalue weighted by molar-refractivity contribution is -0.122. The summed E-state index contributed by atoms with van der Waals surface area (Å²) in [5.41, 5.74) is 1.07. The molecule has 1 amide bonds. The van der Waals surface area contributed by atoms with Crippen LogP contribution in [0.25, 0.3) is 0 Å². The van der Waals surface area contributed by atoms with E-state index in [1.54, 1.807) is 0 Å². The maximum atomic E-state index is 11.9. The fraction of sp³-hybridized carbons (Fsp3) is 0.500. The summed E-state index contributed by atoms with van der Waals surface area (Å²) in [6.07, 6.45) is 1.96. The molecule has 0 aromatic heterocycles. The highest BCUT2D eigenvalue weighted by atomic mass is 35.5. The highest BCUT2D eigenvalue weighted by molar-refractivity contribution is 7.84. The standard InChI is InChI=1S/C14H20N2O2S.ClH/c17-14(13-7-4-8-15-13)16-9-10-19(18)11-12-5-2-1-3-6-12;/h1-3,5-6,13,15H,4,7-11H2,(H,16,17);1H. The maximum absolute atomic E-state index is 11.9. The average Bonchev–Trinajstić information content (AvgIpc) is 2.93. The van der Waals surface area contributed by atoms with Crippen LogP contribution in [0.2, 0.25) is 0 Å². The zero-order valence-electron chi connectivity index (χ0n) is 11.3. The first kappa shape index (κ1) is 17.1. The third-order valence-electron chi connectivity index (χ3n) is 3.18. The first-order valence-electron chi connectivity index (χ1n) is 6.66. The Hall–Kier alpha value is -0.910. The van der Waals surface area contributed by atoms with Crippen molar-refractivity contribution in [2.75, 3.05) is 18.8 Å². The second kappa shape index (κ2) is 9.10. The van der Waals surface area contributed by atoms with Crippen LogP contribution in [-0.2, 0) is 21.3 Å². The van der Waals surface area contributed by atoms with Crippen molar-refractivity contribution < 1.29 is 9.00 Å². The van der Waals surface area contributed by atoms with Crippen molar-refractivity contribution in [3.05, 3.63) is 35.9 Å². The topological polar surface area (TPSA) is 58.2 Å². The van der Waals surface area contributed by atoms with Gasteiger partial charge in [0.2, 0.25) is 5.91 Å². The molecular formula is C14H21ClN2O2S. The predicted octanol–water partition coefficient (Wildman–Crippen LogP) is 1.23. The van der Waals surface area contributed by atoms with Crippen molar-refractivity contribution in [3.63, 3.8) is 0 Å². The predicted molar refractivity (Wildman–Crippen MR) is 84.4 cm³/mol. The molecule has 1 aromatic carbocycles. The molecule has 0 aliphatic carbocycles. The zero-order chi connectivity index (χ0) is 13.5. The fourth-order valence-corrected chi connectivity index (χ4v) is 3.19. The minimum Gasteiger partial charge on any atom is -0.354 e. The first-order chi connectivity index (χ1) is 9.25. The summed E-state index contributed by atoms with van der Waals surface area (Å²) >= 11 is 0. The molecule has 0 bridgehead atoms. The zero-order valence-corrected chi connectivity index (χ0v) is 13.0. The normalized spacial score (nSPS) is 19.1. The number of hydrogen-bond acceptors (Lipinski definition) is 3. The second-order valence-electron chi connectivity index (χ2n) is 4.71. The third-order valence-corrected chi connectivity index (χ3v) is 4.49. The van der Waals surface area contributed by atoms with Gasteiger partial charge in [0.05, 0.1) is 6.04 Å². The van der Waals surface area contributed by atoms with Crippen molar-refractivity contribution >= 4 is 29.1 Å². The molecule has 1 aliphatic heterocycles. The van der Waals surface area contributed by atoms with Gasteiger partial charge < -0.3 is 10.6 Å². The van der Waals surface area contributed by atoms with E-state index in [2.05, 4.69) is 10.6 Å². The molecule has 1 aliphatic rings. The Balaban J connectivity index is 0.00000200. The van der Waals surface area contributed by atoms with Crippen LogP contribution in [0.15, 0.2) is 30.3 Å². The van der Waals surface area contributed by atoms with E-state index in [0.717, 1.165) is 24.9 Å². The molecule has 2 rings (SSSR count). The Morgan fingerprint density at radius 2 is 2.10 bits per heavy atom. The van der Waals surface area contributed by atoms with Gasteiger partial charge in [0.25, 0.3) is 0 Å². The summed E-state index contributed by atoms with van der Waals surface area (Å²) in [5, 5.41) is 5.99. The average molecular weight is 317 g/mol. The molecule has 1 heterocycles. The van der Waals surface area contributed by atoms with Gasteiger partial charge in [-0.3, -0.25) is 9.00 Å². The van der Waals surface area contributed by atoms with E-state index >= 15 is 0 Å². The molecular weight excluding hydrogens is 296 g/mol. The van der Waals surface area contributed by atoms with Crippen molar-refractivity contribution in [3.8, 4) is 0 Å². The molecule has 0 spiro atoms. The van der Waals surface area contributed by atoms with E-state index in [0.29, 0.717) is 18.1 Å². The largest absolute Gasteiger partial charge is 0.354 e. The molecule has 4 nitrogen and oxygen atoms in total. The Labute approximate surface area is 128 Å². The van der Waals surface area contributed by atoms with Crippen LogP contribution in [0.4, 0.5) is 0 Å². The van der Waals surface area contributed by atoms with E-state index in [-0.39, 0.29) is 24.4 Å². The van der Waals surface area contributed by atoms with E-state index in [9.17, 15) is 9.00 Å². The van der Waals surface area contributed by atoms with Crippen LogP contribution in [-0.4, -0.2) is 35.0 Å². The molecule has 2 N–H and O–H groups in total. The van der Waals surface area contributed by atoms with Crippen molar-refractivity contribution in [1.29, 1.82) is 0 Å². The quantitative estimate of drug-likeness (QED) is 0.830. The Bertz CT molecular complexity index is 436. The van der Waals surface area contributed by atoms with E-state index in [1.165, 1.54) is 0 Å². The highest BCUT2D eigenvalue weighted by Crippen LogP contribution is 2.05. The minimum atomic E-state index is -0.924. The molecule has 1 fully saturated rings. The lowest BCUT2D eigenvalue weighted by atomic mass is 10.2. The number of nitrogens with one attached hydrogen (secondary N) is 2. The van der Waals surface area contributed by atoms with Crippen LogP contribution in [0.5, 0.6) is 0 Å². The number of halogens is 1. The van der Waals surface area contributed by atoms with Gasteiger partial charge in [0.1, 0.15) is 0 Å². The molecule has 112 valence electrons. The first-order valence-corrected chi connectivity index (χ1v) is 8.14. The molecule has 2 atom stereocenters. The van der Waals surface area contributed by atoms with Crippen LogP contribution in [0, 0.1) is 0 Å². The van der Waals surface area contributed by atoms with Gasteiger partial charge in [-0.05, 0) is 24.9 Å². The molecule has 2 unspecified atom stereocenters. The third kappa shape index (κ3) is 5.61. The van der Waals surface area contributed by atoms with Crippen LogP contribution >= 0.6 is 12.4 Å². The maximum Gasteiger partial charge on any atom is 0.237 e. The Morgan fingerprint density at radius 1 is 1.35 bits per heavy atom. The van der Waals surface area contributed by atoms with E-state index < -0.39 is 10.8 Å². The van der Waals surface area contributed by atoms with Crippen molar-refractivity contribution in [2.24, 2.45) is 0 Å². The molecule has 6 heteroatoms. The number of carbonyl (C=O) groups excluding carboxylic acids is 1. The summed E-state index contributed by atoms with van der Waals surface area (Å²) in [4.78, 5) is 11.7. The summed E-state index contributed by atoms with van der Waals surface area (Å²) in [6, 6.07) is 9.72. The summed E-state index contributed by atoms with van der Waals surface area (Å²) in [7, 11) is -0.924. The number of rotatable bonds is 6. The second-order valence-corrected chi connectivity index (χ2v) is 6.29.